The Labute approximate surface area is 221 Å². The van der Waals surface area contributed by atoms with E-state index in [9.17, 15) is 14.9 Å². The fourth-order valence-electron chi connectivity index (χ4n) is 3.93. The molecule has 2 N–H and O–H groups in total. The minimum absolute atomic E-state index is 0.0668. The molecule has 2 aromatic carbocycles. The number of hydrogen-bond acceptors (Lipinski definition) is 6. The first-order valence-corrected chi connectivity index (χ1v) is 12.9. The average Bonchev–Trinajstić information content (AvgIpc) is 2.89. The molecule has 1 aliphatic heterocycles. The lowest BCUT2D eigenvalue weighted by Crippen LogP contribution is -2.36. The van der Waals surface area contributed by atoms with Gasteiger partial charge in [0.1, 0.15) is 5.03 Å². The van der Waals surface area contributed by atoms with Crippen LogP contribution in [0, 0.1) is 17.2 Å². The Morgan fingerprint density at radius 3 is 2.33 bits per heavy atom. The van der Waals surface area contributed by atoms with Crippen molar-refractivity contribution in [1.29, 1.82) is 5.26 Å². The van der Waals surface area contributed by atoms with Gasteiger partial charge in [-0.1, -0.05) is 45.9 Å². The van der Waals surface area contributed by atoms with Crippen LogP contribution < -0.4 is 10.6 Å². The van der Waals surface area contributed by atoms with Gasteiger partial charge < -0.3 is 10.6 Å². The first-order chi connectivity index (χ1) is 17.5. The summed E-state index contributed by atoms with van der Waals surface area (Å²) in [5.74, 6) is -1.66. The van der Waals surface area contributed by atoms with Gasteiger partial charge in [-0.15, -0.1) is 0 Å². The van der Waals surface area contributed by atoms with Crippen molar-refractivity contribution in [1.82, 2.24) is 4.98 Å². The number of anilines is 2. The van der Waals surface area contributed by atoms with Crippen molar-refractivity contribution in [3.63, 3.8) is 0 Å². The summed E-state index contributed by atoms with van der Waals surface area (Å²) in [5.41, 5.74) is 3.04. The van der Waals surface area contributed by atoms with Crippen LogP contribution in [0.1, 0.15) is 18.4 Å². The van der Waals surface area contributed by atoms with E-state index in [2.05, 4.69) is 42.6 Å². The minimum atomic E-state index is -0.691. The number of aromatic nitrogens is 1. The van der Waals surface area contributed by atoms with Crippen molar-refractivity contribution in [2.45, 2.75) is 12.8 Å². The molecule has 2 heterocycles. The number of carbonyl (C=O) groups excluding carboxylic acids is 2. The number of thioether (sulfide) groups is 1. The zero-order valence-electron chi connectivity index (χ0n) is 19.3. The highest BCUT2D eigenvalue weighted by molar-refractivity contribution is 9.10. The van der Waals surface area contributed by atoms with Crippen LogP contribution in [0.15, 0.2) is 99.2 Å². The molecule has 0 radical (unpaired) electrons. The summed E-state index contributed by atoms with van der Waals surface area (Å²) < 4.78 is 0.915. The van der Waals surface area contributed by atoms with Crippen LogP contribution in [0.3, 0.4) is 0 Å². The van der Waals surface area contributed by atoms with E-state index in [1.54, 1.807) is 55.7 Å². The lowest BCUT2D eigenvalue weighted by atomic mass is 9.77. The molecule has 4 rings (SSSR count). The van der Waals surface area contributed by atoms with Crippen molar-refractivity contribution in [2.75, 3.05) is 16.4 Å². The number of nitrogens with zero attached hydrogens (tertiary/aromatic N) is 3. The van der Waals surface area contributed by atoms with Crippen molar-refractivity contribution in [2.24, 2.45) is 10.9 Å². The van der Waals surface area contributed by atoms with Crippen LogP contribution in [-0.4, -0.2) is 28.3 Å². The standard InChI is InChI=1S/C27H22BrN5O2S/c1-17-24(26(35)33-20-5-3-2-4-6-20)25(18-11-13-30-14-12-18)22(15-29)27(31-17)36-16-23(34)32-21-9-7-19(28)8-10-21/h2-14,24-25H,16H2,1H3,(H,32,34)(H,33,35)/t24?,25-/m0/s1. The van der Waals surface area contributed by atoms with Crippen LogP contribution in [0.2, 0.25) is 0 Å². The molecular formula is C27H22BrN5O2S. The van der Waals surface area contributed by atoms with Crippen LogP contribution in [0.5, 0.6) is 0 Å². The van der Waals surface area contributed by atoms with Crippen LogP contribution >= 0.6 is 27.7 Å². The largest absolute Gasteiger partial charge is 0.325 e. The molecule has 9 heteroatoms. The maximum atomic E-state index is 13.4. The number of rotatable bonds is 7. The Hall–Kier alpha value is -3.74. The predicted octanol–water partition coefficient (Wildman–Crippen LogP) is 5.76. The fourth-order valence-corrected chi connectivity index (χ4v) is 5.08. The van der Waals surface area contributed by atoms with E-state index in [0.717, 1.165) is 10.0 Å². The van der Waals surface area contributed by atoms with Gasteiger partial charge in [-0.3, -0.25) is 14.6 Å². The van der Waals surface area contributed by atoms with Gasteiger partial charge in [0.05, 0.1) is 23.3 Å². The van der Waals surface area contributed by atoms with E-state index in [1.165, 1.54) is 11.8 Å². The van der Waals surface area contributed by atoms with E-state index in [0.29, 0.717) is 27.7 Å². The number of hydrogen-bond donors (Lipinski definition) is 2. The maximum Gasteiger partial charge on any atom is 0.234 e. The predicted molar refractivity (Wildman–Crippen MR) is 147 cm³/mol. The van der Waals surface area contributed by atoms with Gasteiger partial charge in [-0.05, 0) is 61.0 Å². The van der Waals surface area contributed by atoms with Gasteiger partial charge in [-0.2, -0.15) is 5.26 Å². The van der Waals surface area contributed by atoms with Gasteiger partial charge in [-0.25, -0.2) is 4.99 Å². The topological polar surface area (TPSA) is 107 Å². The van der Waals surface area contributed by atoms with Gasteiger partial charge in [0.25, 0.3) is 0 Å². The van der Waals surface area contributed by atoms with E-state index < -0.39 is 11.8 Å². The third-order valence-corrected chi connectivity index (χ3v) is 7.10. The van der Waals surface area contributed by atoms with Crippen molar-refractivity contribution in [3.8, 4) is 6.07 Å². The number of nitriles is 1. The molecule has 1 aromatic heterocycles. The molecule has 0 saturated heterocycles. The molecule has 0 saturated carbocycles. The summed E-state index contributed by atoms with van der Waals surface area (Å²) in [4.78, 5) is 34.7. The van der Waals surface area contributed by atoms with Crippen molar-refractivity contribution >= 4 is 56.6 Å². The average molecular weight is 560 g/mol. The Bertz CT molecular complexity index is 1350. The van der Waals surface area contributed by atoms with E-state index in [4.69, 9.17) is 0 Å². The van der Waals surface area contributed by atoms with Crippen LogP contribution in [0.25, 0.3) is 0 Å². The normalized spacial score (nSPS) is 17.1. The summed E-state index contributed by atoms with van der Waals surface area (Å²) in [6, 6.07) is 22.3. The smallest absolute Gasteiger partial charge is 0.234 e. The molecule has 7 nitrogen and oxygen atoms in total. The van der Waals surface area contributed by atoms with Gasteiger partial charge >= 0.3 is 0 Å². The summed E-state index contributed by atoms with van der Waals surface area (Å²) in [6.45, 7) is 1.78. The molecule has 1 unspecified atom stereocenters. The first kappa shape index (κ1) is 25.4. The molecule has 0 spiro atoms. The highest BCUT2D eigenvalue weighted by atomic mass is 79.9. The number of allylic oxidation sites excluding steroid dienone is 1. The number of aliphatic imine (C=N–C) groups is 1. The Morgan fingerprint density at radius 1 is 1.00 bits per heavy atom. The molecule has 3 aromatic rings. The molecule has 2 atom stereocenters. The zero-order chi connectivity index (χ0) is 25.5. The van der Waals surface area contributed by atoms with Gasteiger partial charge in [0, 0.05) is 39.9 Å². The maximum absolute atomic E-state index is 13.4. The minimum Gasteiger partial charge on any atom is -0.325 e. The zero-order valence-corrected chi connectivity index (χ0v) is 21.7. The van der Waals surface area contributed by atoms with E-state index in [1.807, 2.05) is 30.3 Å². The third-order valence-electron chi connectivity index (χ3n) is 5.58. The number of pyridine rings is 1. The van der Waals surface area contributed by atoms with Crippen molar-refractivity contribution in [3.05, 3.63) is 99.8 Å². The van der Waals surface area contributed by atoms with Gasteiger partial charge in [0.15, 0.2) is 0 Å². The summed E-state index contributed by atoms with van der Waals surface area (Å²) in [5, 5.41) is 16.4. The second-order valence-corrected chi connectivity index (χ2v) is 9.90. The number of halogens is 1. The third kappa shape index (κ3) is 6.08. The second kappa shape index (κ2) is 11.8. The van der Waals surface area contributed by atoms with Gasteiger partial charge in [0.2, 0.25) is 11.8 Å². The molecule has 36 heavy (non-hydrogen) atoms. The number of benzene rings is 2. The number of amides is 2. The first-order valence-electron chi connectivity index (χ1n) is 11.1. The Kier molecular flexibility index (Phi) is 8.31. The quantitative estimate of drug-likeness (QED) is 0.382. The van der Waals surface area contributed by atoms with Crippen LogP contribution in [-0.2, 0) is 9.59 Å². The number of para-hydroxylation sites is 1. The lowest BCUT2D eigenvalue weighted by molar-refractivity contribution is -0.118. The van der Waals surface area contributed by atoms with Crippen molar-refractivity contribution < 1.29 is 9.59 Å². The number of carbonyl (C=O) groups is 2. The van der Waals surface area contributed by atoms with E-state index in [-0.39, 0.29) is 17.6 Å². The molecule has 2 amide bonds. The molecule has 0 fully saturated rings. The summed E-state index contributed by atoms with van der Waals surface area (Å²) >= 11 is 4.55. The monoisotopic (exact) mass is 559 g/mol. The van der Waals surface area contributed by atoms with Crippen LogP contribution in [0.4, 0.5) is 11.4 Å². The molecule has 1 aliphatic rings. The Balaban J connectivity index is 1.60. The number of nitrogens with one attached hydrogen (secondary N) is 2. The lowest BCUT2D eigenvalue weighted by Gasteiger charge is -2.30. The molecule has 0 bridgehead atoms. The Morgan fingerprint density at radius 2 is 1.67 bits per heavy atom. The SMILES string of the molecule is CC1=NC(SCC(=O)Nc2ccc(Br)cc2)=C(C#N)[C@H](c2ccncc2)C1C(=O)Nc1ccccc1. The molecular weight excluding hydrogens is 538 g/mol. The molecule has 0 aliphatic carbocycles. The summed E-state index contributed by atoms with van der Waals surface area (Å²) in [6.07, 6.45) is 3.27. The highest BCUT2D eigenvalue weighted by Crippen LogP contribution is 2.42. The molecule has 180 valence electrons. The fraction of sp³-hybridized carbons (Fsp3) is 0.148. The summed E-state index contributed by atoms with van der Waals surface area (Å²) in [7, 11) is 0. The highest BCUT2D eigenvalue weighted by Gasteiger charge is 2.39. The second-order valence-electron chi connectivity index (χ2n) is 8.02. The van der Waals surface area contributed by atoms with E-state index >= 15 is 0 Å².